The van der Waals surface area contributed by atoms with Crippen LogP contribution >= 0.6 is 0 Å². The van der Waals surface area contributed by atoms with Crippen molar-refractivity contribution in [3.8, 4) is 17.6 Å². The summed E-state index contributed by atoms with van der Waals surface area (Å²) in [7, 11) is 3.18. The van der Waals surface area contributed by atoms with Gasteiger partial charge in [0.25, 0.3) is 11.8 Å². The number of nitrogens with zero attached hydrogens (tertiary/aromatic N) is 3. The average molecular weight is 971 g/mol. The first-order valence-electron chi connectivity index (χ1n) is 25.5. The molecule has 17 nitrogen and oxygen atoms in total. The molecule has 4 heterocycles. The SMILES string of the molecule is COc1cccc2[nH]c(C(=O)N3CC4(CCC4)CC3C(=O)N[C@@H](C[C@@H]3CCCCC3=O)C(N)=O)cc12.COc1cccc2[nH]c(C(=O)N3CC4(CCC4)CC3C(=O)N[C@H](C#N)C[C@@H]3CCCCC3=O)cc12. The van der Waals surface area contributed by atoms with Crippen LogP contribution in [0.4, 0.5) is 0 Å². The maximum atomic E-state index is 13.7. The third-order valence-corrected chi connectivity index (χ3v) is 16.7. The van der Waals surface area contributed by atoms with Crippen LogP contribution < -0.4 is 25.8 Å². The number of nitrogens with two attached hydrogens (primary N) is 1. The Labute approximate surface area is 413 Å². The van der Waals surface area contributed by atoms with Gasteiger partial charge in [-0.2, -0.15) is 5.26 Å². The molecule has 10 rings (SSSR count). The molecule has 2 unspecified atom stereocenters. The number of carbonyl (C=O) groups excluding carboxylic acids is 7. The fourth-order valence-corrected chi connectivity index (χ4v) is 12.3. The van der Waals surface area contributed by atoms with Crippen molar-refractivity contribution >= 4 is 62.9 Å². The molecule has 2 aromatic heterocycles. The van der Waals surface area contributed by atoms with Gasteiger partial charge < -0.3 is 45.6 Å². The van der Waals surface area contributed by atoms with E-state index in [1.165, 1.54) is 0 Å². The van der Waals surface area contributed by atoms with Crippen LogP contribution in [0.1, 0.15) is 137 Å². The summed E-state index contributed by atoms with van der Waals surface area (Å²) in [5.74, 6) is -0.594. The maximum Gasteiger partial charge on any atom is 0.271 e. The minimum absolute atomic E-state index is 0.0250. The van der Waals surface area contributed by atoms with E-state index >= 15 is 0 Å². The normalized spacial score (nSPS) is 24.0. The van der Waals surface area contributed by atoms with Crippen LogP contribution in [0.25, 0.3) is 21.8 Å². The lowest BCUT2D eigenvalue weighted by molar-refractivity contribution is -0.131. The van der Waals surface area contributed by atoms with Crippen molar-refractivity contribution < 1.29 is 43.0 Å². The van der Waals surface area contributed by atoms with Crippen LogP contribution in [0.5, 0.6) is 11.5 Å². The molecule has 2 aliphatic heterocycles. The third-order valence-electron chi connectivity index (χ3n) is 16.7. The van der Waals surface area contributed by atoms with E-state index in [0.29, 0.717) is 74.5 Å². The number of aromatic amines is 2. The van der Waals surface area contributed by atoms with Gasteiger partial charge in [-0.05, 0) is 124 Å². The number of rotatable bonds is 13. The number of ether oxygens (including phenoxy) is 2. The van der Waals surface area contributed by atoms with Gasteiger partial charge in [0.05, 0.1) is 20.3 Å². The Hall–Kier alpha value is -6.70. The Bertz CT molecular complexity index is 2760. The standard InChI is InChI=1S/C27H34N4O5.C27H32N4O4/c1-36-23-9-4-7-18-17(23)13-20(29-18)26(35)31-15-27(10-5-11-27)14-21(31)25(34)30-19(24(28)33)12-16-6-2-3-8-22(16)32;1-35-24-9-4-7-20-19(24)13-21(30-20)26(34)31-16-27(10-5-11-27)14-22(31)25(33)29-18(15-28)12-17-6-2-3-8-23(17)32/h4,7,9,13,16,19,21,29H,2-3,5-6,8,10-12,14-15H2,1H3,(H2,28,33)(H,30,34);4,7,9,13,17-18,22,30H,2-3,5-6,8,10-12,14,16H2,1H3,(H,29,33)/t16-,19-,21?;17-,18-,22?/m00/s1. The zero-order chi connectivity index (χ0) is 50.0. The second kappa shape index (κ2) is 20.6. The first-order valence-corrected chi connectivity index (χ1v) is 25.5. The highest BCUT2D eigenvalue weighted by Crippen LogP contribution is 2.52. The zero-order valence-corrected chi connectivity index (χ0v) is 40.8. The van der Waals surface area contributed by atoms with Gasteiger partial charge in [0, 0.05) is 59.6 Å². The highest BCUT2D eigenvalue weighted by Gasteiger charge is 2.53. The molecule has 4 saturated carbocycles. The summed E-state index contributed by atoms with van der Waals surface area (Å²) in [4.78, 5) is 101. The van der Waals surface area contributed by atoms with Gasteiger partial charge in [-0.25, -0.2) is 0 Å². The van der Waals surface area contributed by atoms with Crippen LogP contribution in [0, 0.1) is 34.0 Å². The number of H-pyrrole nitrogens is 2. The Kier molecular flexibility index (Phi) is 14.3. The Balaban J connectivity index is 0.000000176. The summed E-state index contributed by atoms with van der Waals surface area (Å²) >= 11 is 0. The Morgan fingerprint density at radius 1 is 0.704 bits per heavy atom. The highest BCUT2D eigenvalue weighted by molar-refractivity contribution is 6.03. The highest BCUT2D eigenvalue weighted by atomic mass is 16.5. The first-order chi connectivity index (χ1) is 34.2. The summed E-state index contributed by atoms with van der Waals surface area (Å²) in [5, 5.41) is 17.0. The molecular weight excluding hydrogens is 905 g/mol. The van der Waals surface area contributed by atoms with Crippen molar-refractivity contribution in [1.82, 2.24) is 30.4 Å². The third kappa shape index (κ3) is 10.1. The number of Topliss-reactive ketones (excluding diaryl/α,β-unsaturated/α-hetero) is 2. The molecular formula is C54H66N8O9. The van der Waals surface area contributed by atoms with E-state index in [1.54, 1.807) is 36.2 Å². The molecule has 17 heteroatoms. The Morgan fingerprint density at radius 2 is 1.17 bits per heavy atom. The number of hydrogen-bond acceptors (Lipinski definition) is 10. The number of nitrogens with one attached hydrogen (secondary N) is 4. The predicted molar refractivity (Wildman–Crippen MR) is 263 cm³/mol. The van der Waals surface area contributed by atoms with Crippen molar-refractivity contribution in [2.24, 2.45) is 28.4 Å². The predicted octanol–water partition coefficient (Wildman–Crippen LogP) is 6.40. The van der Waals surface area contributed by atoms with Crippen molar-refractivity contribution in [1.29, 1.82) is 5.26 Å². The first kappa shape index (κ1) is 49.3. The number of hydrogen-bond donors (Lipinski definition) is 5. The lowest BCUT2D eigenvalue weighted by Gasteiger charge is -2.37. The molecule has 4 aromatic rings. The zero-order valence-electron chi connectivity index (χ0n) is 40.8. The van der Waals surface area contributed by atoms with Gasteiger partial charge in [-0.1, -0.05) is 37.8 Å². The van der Waals surface area contributed by atoms with E-state index in [2.05, 4.69) is 26.7 Å². The smallest absolute Gasteiger partial charge is 0.271 e. The van der Waals surface area contributed by atoms with E-state index in [0.717, 1.165) is 92.4 Å². The number of benzene rings is 2. The van der Waals surface area contributed by atoms with Crippen LogP contribution in [0.2, 0.25) is 0 Å². The molecule has 376 valence electrons. The number of likely N-dealkylation sites (tertiary alicyclic amines) is 2. The molecule has 71 heavy (non-hydrogen) atoms. The largest absolute Gasteiger partial charge is 0.496 e. The number of methoxy groups -OCH3 is 2. The van der Waals surface area contributed by atoms with Gasteiger partial charge in [-0.3, -0.25) is 33.6 Å². The topological polar surface area (TPSA) is 250 Å². The average Bonchev–Trinajstić information content (AvgIpc) is 4.17. The molecule has 2 saturated heterocycles. The van der Waals surface area contributed by atoms with Crippen molar-refractivity contribution in [3.63, 3.8) is 0 Å². The molecule has 6 aliphatic rings. The summed E-state index contributed by atoms with van der Waals surface area (Å²) in [5.41, 5.74) is 7.93. The van der Waals surface area contributed by atoms with Gasteiger partial charge in [0.2, 0.25) is 17.7 Å². The lowest BCUT2D eigenvalue weighted by atomic mass is 9.67. The summed E-state index contributed by atoms with van der Waals surface area (Å²) in [6, 6.07) is 13.9. The molecule has 4 aliphatic carbocycles. The quantitative estimate of drug-likeness (QED) is 0.0986. The van der Waals surface area contributed by atoms with Crippen molar-refractivity contribution in [3.05, 3.63) is 59.9 Å². The van der Waals surface area contributed by atoms with Gasteiger partial charge in [-0.15, -0.1) is 0 Å². The molecule has 6 fully saturated rings. The summed E-state index contributed by atoms with van der Waals surface area (Å²) < 4.78 is 10.9. The van der Waals surface area contributed by atoms with Crippen molar-refractivity contribution in [2.45, 2.75) is 140 Å². The number of fused-ring (bicyclic) bond motifs is 2. The van der Waals surface area contributed by atoms with E-state index in [4.69, 9.17) is 15.2 Å². The van der Waals surface area contributed by atoms with Gasteiger partial charge >= 0.3 is 0 Å². The Morgan fingerprint density at radius 3 is 1.58 bits per heavy atom. The number of primary amides is 1. The second-order valence-electron chi connectivity index (χ2n) is 21.2. The van der Waals surface area contributed by atoms with Crippen LogP contribution in [-0.2, 0) is 24.0 Å². The van der Waals surface area contributed by atoms with Crippen LogP contribution in [0.3, 0.4) is 0 Å². The lowest BCUT2D eigenvalue weighted by Crippen LogP contribution is -2.53. The molecule has 0 radical (unpaired) electrons. The van der Waals surface area contributed by atoms with Crippen molar-refractivity contribution in [2.75, 3.05) is 27.3 Å². The summed E-state index contributed by atoms with van der Waals surface area (Å²) in [6.45, 7) is 1.04. The number of carbonyl (C=O) groups is 7. The van der Waals surface area contributed by atoms with E-state index in [9.17, 15) is 38.8 Å². The molecule has 6 atom stereocenters. The van der Waals surface area contributed by atoms with Gasteiger partial charge in [0.15, 0.2) is 0 Å². The fourth-order valence-electron chi connectivity index (χ4n) is 12.3. The van der Waals surface area contributed by atoms with Gasteiger partial charge in [0.1, 0.15) is 58.6 Å². The number of amides is 5. The van der Waals surface area contributed by atoms with Crippen LogP contribution in [0.15, 0.2) is 48.5 Å². The monoisotopic (exact) mass is 970 g/mol. The minimum Gasteiger partial charge on any atom is -0.496 e. The molecule has 2 aromatic carbocycles. The molecule has 2 spiro atoms. The maximum absolute atomic E-state index is 13.7. The fraction of sp³-hybridized carbons (Fsp3) is 0.556. The van der Waals surface area contributed by atoms with Crippen LogP contribution in [-0.4, -0.2) is 112 Å². The van der Waals surface area contributed by atoms with E-state index < -0.39 is 30.1 Å². The van der Waals surface area contributed by atoms with E-state index in [-0.39, 0.29) is 64.3 Å². The number of ketones is 2. The second-order valence-corrected chi connectivity index (χ2v) is 21.2. The molecule has 5 amide bonds. The number of aromatic nitrogens is 2. The molecule has 0 bridgehead atoms. The summed E-state index contributed by atoms with van der Waals surface area (Å²) in [6.07, 6.45) is 14.1. The molecule has 6 N–H and O–H groups in total. The van der Waals surface area contributed by atoms with E-state index in [1.807, 2.05) is 36.4 Å². The minimum atomic E-state index is -0.934. The number of nitriles is 1.